The summed E-state index contributed by atoms with van der Waals surface area (Å²) in [6.07, 6.45) is 0.149. The summed E-state index contributed by atoms with van der Waals surface area (Å²) in [5.41, 5.74) is 3.41. The van der Waals surface area contributed by atoms with Crippen LogP contribution in [-0.4, -0.2) is 11.2 Å². The molecule has 0 saturated heterocycles. The molecule has 2 aromatic carbocycles. The second kappa shape index (κ2) is 7.97. The van der Waals surface area contributed by atoms with Crippen LogP contribution in [0, 0.1) is 6.92 Å². The van der Waals surface area contributed by atoms with Crippen molar-refractivity contribution in [2.45, 2.75) is 39.8 Å². The van der Waals surface area contributed by atoms with Crippen LogP contribution in [0.3, 0.4) is 0 Å². The molecule has 0 saturated carbocycles. The van der Waals surface area contributed by atoms with Crippen molar-refractivity contribution in [3.05, 3.63) is 59.7 Å². The maximum absolute atomic E-state index is 5.70. The van der Waals surface area contributed by atoms with Crippen molar-refractivity contribution in [3.63, 3.8) is 0 Å². The highest BCUT2D eigenvalue weighted by molar-refractivity contribution is 7.80. The normalized spacial score (nSPS) is 11.9. The molecule has 3 nitrogen and oxygen atoms in total. The van der Waals surface area contributed by atoms with E-state index >= 15 is 0 Å². The van der Waals surface area contributed by atoms with Crippen LogP contribution in [0.1, 0.15) is 37.9 Å². The highest BCUT2D eigenvalue weighted by atomic mass is 32.1. The third-order valence-electron chi connectivity index (χ3n) is 3.47. The molecule has 2 N–H and O–H groups in total. The van der Waals surface area contributed by atoms with Crippen LogP contribution in [0.2, 0.25) is 0 Å². The van der Waals surface area contributed by atoms with E-state index in [1.165, 1.54) is 11.1 Å². The Morgan fingerprint density at radius 1 is 1.04 bits per heavy atom. The summed E-state index contributed by atoms with van der Waals surface area (Å²) < 4.78 is 5.70. The van der Waals surface area contributed by atoms with Gasteiger partial charge in [-0.05, 0) is 63.2 Å². The van der Waals surface area contributed by atoms with Gasteiger partial charge in [-0.25, -0.2) is 0 Å². The lowest BCUT2D eigenvalue weighted by atomic mass is 10.0. The minimum atomic E-state index is 0.145. The van der Waals surface area contributed by atoms with Gasteiger partial charge < -0.3 is 15.4 Å². The number of rotatable bonds is 5. The predicted octanol–water partition coefficient (Wildman–Crippen LogP) is 4.83. The molecule has 1 atom stereocenters. The fourth-order valence-corrected chi connectivity index (χ4v) is 2.73. The first-order valence-electron chi connectivity index (χ1n) is 7.85. The lowest BCUT2D eigenvalue weighted by Gasteiger charge is -2.19. The second-order valence-corrected chi connectivity index (χ2v) is 6.28. The monoisotopic (exact) mass is 328 g/mol. The van der Waals surface area contributed by atoms with Crippen LogP contribution in [0.5, 0.6) is 5.75 Å². The molecular weight excluding hydrogens is 304 g/mol. The summed E-state index contributed by atoms with van der Waals surface area (Å²) in [7, 11) is 0. The van der Waals surface area contributed by atoms with Gasteiger partial charge in [0.2, 0.25) is 0 Å². The summed E-state index contributed by atoms with van der Waals surface area (Å²) in [4.78, 5) is 0. The zero-order valence-electron chi connectivity index (χ0n) is 14.1. The Hall–Kier alpha value is -2.07. The lowest BCUT2D eigenvalue weighted by molar-refractivity contribution is 0.242. The minimum Gasteiger partial charge on any atom is -0.491 e. The van der Waals surface area contributed by atoms with Crippen molar-refractivity contribution >= 4 is 23.0 Å². The molecule has 0 spiro atoms. The molecule has 0 heterocycles. The Morgan fingerprint density at radius 2 is 1.78 bits per heavy atom. The Kier molecular flexibility index (Phi) is 5.99. The number of hydrogen-bond acceptors (Lipinski definition) is 2. The SMILES string of the molecule is Cc1ccccc1[C@@H](C)NC(=S)Nc1cccc(OC(C)C)c1. The largest absolute Gasteiger partial charge is 0.491 e. The quantitative estimate of drug-likeness (QED) is 0.770. The van der Waals surface area contributed by atoms with Crippen molar-refractivity contribution in [2.75, 3.05) is 5.32 Å². The lowest BCUT2D eigenvalue weighted by Crippen LogP contribution is -2.31. The zero-order valence-corrected chi connectivity index (χ0v) is 14.9. The summed E-state index contributed by atoms with van der Waals surface area (Å²) in [5, 5.41) is 7.14. The number of ether oxygens (including phenoxy) is 1. The van der Waals surface area contributed by atoms with Gasteiger partial charge in [-0.3, -0.25) is 0 Å². The number of nitrogens with one attached hydrogen (secondary N) is 2. The predicted molar refractivity (Wildman–Crippen MR) is 101 cm³/mol. The summed E-state index contributed by atoms with van der Waals surface area (Å²) in [5.74, 6) is 0.833. The Bertz CT molecular complexity index is 670. The molecule has 0 aliphatic rings. The summed E-state index contributed by atoms with van der Waals surface area (Å²) >= 11 is 5.42. The van der Waals surface area contributed by atoms with Crippen LogP contribution >= 0.6 is 12.2 Å². The fraction of sp³-hybridized carbons (Fsp3) is 0.316. The molecule has 0 radical (unpaired) electrons. The van der Waals surface area contributed by atoms with Crippen LogP contribution in [0.15, 0.2) is 48.5 Å². The third kappa shape index (κ3) is 5.25. The third-order valence-corrected chi connectivity index (χ3v) is 3.69. The first kappa shape index (κ1) is 17.3. The van der Waals surface area contributed by atoms with E-state index in [1.54, 1.807) is 0 Å². The van der Waals surface area contributed by atoms with E-state index in [0.717, 1.165) is 11.4 Å². The average molecular weight is 328 g/mol. The van der Waals surface area contributed by atoms with Gasteiger partial charge in [0, 0.05) is 11.8 Å². The molecule has 122 valence electrons. The molecule has 0 aliphatic carbocycles. The maximum atomic E-state index is 5.70. The molecular formula is C19H24N2OS. The smallest absolute Gasteiger partial charge is 0.171 e. The number of aryl methyl sites for hydroxylation is 1. The van der Waals surface area contributed by atoms with Crippen LogP contribution < -0.4 is 15.4 Å². The number of thiocarbonyl (C=S) groups is 1. The van der Waals surface area contributed by atoms with E-state index in [-0.39, 0.29) is 12.1 Å². The molecule has 0 aromatic heterocycles. The highest BCUT2D eigenvalue weighted by Crippen LogP contribution is 2.20. The molecule has 4 heteroatoms. The van der Waals surface area contributed by atoms with Gasteiger partial charge in [0.25, 0.3) is 0 Å². The average Bonchev–Trinajstić information content (AvgIpc) is 2.47. The van der Waals surface area contributed by atoms with E-state index in [4.69, 9.17) is 17.0 Å². The Morgan fingerprint density at radius 3 is 2.48 bits per heavy atom. The van der Waals surface area contributed by atoms with Gasteiger partial charge >= 0.3 is 0 Å². The summed E-state index contributed by atoms with van der Waals surface area (Å²) in [6, 6.07) is 16.3. The summed E-state index contributed by atoms with van der Waals surface area (Å²) in [6.45, 7) is 8.23. The molecule has 0 aliphatic heterocycles. The second-order valence-electron chi connectivity index (χ2n) is 5.87. The van der Waals surface area contributed by atoms with Crippen molar-refractivity contribution in [3.8, 4) is 5.75 Å². The van der Waals surface area contributed by atoms with Gasteiger partial charge in [0.05, 0.1) is 12.1 Å². The van der Waals surface area contributed by atoms with E-state index in [0.29, 0.717) is 5.11 Å². The minimum absolute atomic E-state index is 0.145. The highest BCUT2D eigenvalue weighted by Gasteiger charge is 2.09. The van der Waals surface area contributed by atoms with E-state index < -0.39 is 0 Å². The molecule has 0 bridgehead atoms. The van der Waals surface area contributed by atoms with Crippen LogP contribution in [0.4, 0.5) is 5.69 Å². The number of benzene rings is 2. The van der Waals surface area contributed by atoms with Gasteiger partial charge in [-0.2, -0.15) is 0 Å². The molecule has 2 rings (SSSR count). The topological polar surface area (TPSA) is 33.3 Å². The Labute approximate surface area is 144 Å². The fourth-order valence-electron chi connectivity index (χ4n) is 2.43. The van der Waals surface area contributed by atoms with E-state index in [9.17, 15) is 0 Å². The first-order valence-corrected chi connectivity index (χ1v) is 8.26. The van der Waals surface area contributed by atoms with E-state index in [2.05, 4.69) is 36.6 Å². The van der Waals surface area contributed by atoms with Crippen molar-refractivity contribution < 1.29 is 4.74 Å². The van der Waals surface area contributed by atoms with Crippen molar-refractivity contribution in [2.24, 2.45) is 0 Å². The Balaban J connectivity index is 1.98. The molecule has 0 fully saturated rings. The molecule has 23 heavy (non-hydrogen) atoms. The zero-order chi connectivity index (χ0) is 16.8. The van der Waals surface area contributed by atoms with Gasteiger partial charge in [0.1, 0.15) is 5.75 Å². The molecule has 2 aromatic rings. The number of hydrogen-bond donors (Lipinski definition) is 2. The van der Waals surface area contributed by atoms with Crippen LogP contribution in [-0.2, 0) is 0 Å². The van der Waals surface area contributed by atoms with Gasteiger partial charge in [0.15, 0.2) is 5.11 Å². The van der Waals surface area contributed by atoms with Gasteiger partial charge in [-0.1, -0.05) is 30.3 Å². The standard InChI is InChI=1S/C19H24N2OS/c1-13(2)22-17-10-7-9-16(12-17)21-19(23)20-15(4)18-11-6-5-8-14(18)3/h5-13,15H,1-4H3,(H2,20,21,23)/t15-/m1/s1. The van der Waals surface area contributed by atoms with E-state index in [1.807, 2.05) is 50.2 Å². The maximum Gasteiger partial charge on any atom is 0.171 e. The number of anilines is 1. The molecule has 0 unspecified atom stereocenters. The van der Waals surface area contributed by atoms with Crippen LogP contribution in [0.25, 0.3) is 0 Å². The van der Waals surface area contributed by atoms with Crippen molar-refractivity contribution in [1.82, 2.24) is 5.32 Å². The van der Waals surface area contributed by atoms with Crippen molar-refractivity contribution in [1.29, 1.82) is 0 Å². The molecule has 0 amide bonds. The van der Waals surface area contributed by atoms with Gasteiger partial charge in [-0.15, -0.1) is 0 Å². The first-order chi connectivity index (χ1) is 11.0.